The molecule has 0 radical (unpaired) electrons. The summed E-state index contributed by atoms with van der Waals surface area (Å²) in [6.07, 6.45) is 0.975. The van der Waals surface area contributed by atoms with E-state index in [9.17, 15) is 0 Å². The van der Waals surface area contributed by atoms with Crippen molar-refractivity contribution in [1.82, 2.24) is 0 Å². The monoisotopic (exact) mass is 184 g/mol. The summed E-state index contributed by atoms with van der Waals surface area (Å²) in [7, 11) is 0. The lowest BCUT2D eigenvalue weighted by Crippen LogP contribution is -1.93. The molecule has 2 heteroatoms. The van der Waals surface area contributed by atoms with Gasteiger partial charge in [0.1, 0.15) is 4.32 Å². The first kappa shape index (κ1) is 8.69. The van der Waals surface area contributed by atoms with E-state index in [-0.39, 0.29) is 0 Å². The van der Waals surface area contributed by atoms with Crippen molar-refractivity contribution in [3.63, 3.8) is 0 Å². The van der Waals surface area contributed by atoms with Gasteiger partial charge in [-0.3, -0.25) is 0 Å². The molecule has 0 aromatic heterocycles. The van der Waals surface area contributed by atoms with Crippen molar-refractivity contribution in [2.24, 2.45) is 0 Å². The van der Waals surface area contributed by atoms with E-state index < -0.39 is 0 Å². The van der Waals surface area contributed by atoms with Crippen LogP contribution in [0, 0.1) is 0 Å². The molecular weight excluding hydrogens is 176 g/mol. The summed E-state index contributed by atoms with van der Waals surface area (Å²) in [5.74, 6) is 0. The summed E-state index contributed by atoms with van der Waals surface area (Å²) in [4.78, 5) is 0. The molecule has 0 saturated heterocycles. The zero-order valence-corrected chi connectivity index (χ0v) is 7.88. The molecule has 11 heavy (non-hydrogen) atoms. The third-order valence-corrected chi connectivity index (χ3v) is 2.03. The van der Waals surface area contributed by atoms with Crippen molar-refractivity contribution >= 4 is 28.1 Å². The second-order valence-corrected chi connectivity index (χ2v) is 3.29. The van der Waals surface area contributed by atoms with Crippen LogP contribution in [0.4, 0.5) is 0 Å². The van der Waals surface area contributed by atoms with Gasteiger partial charge >= 0.3 is 0 Å². The average Bonchev–Trinajstić information content (AvgIpc) is 2.04. The van der Waals surface area contributed by atoms with E-state index in [4.69, 9.17) is 23.8 Å². The Morgan fingerprint density at radius 2 is 2.09 bits per heavy atom. The molecular formula is C9H9ClS. The second kappa shape index (κ2) is 3.84. The second-order valence-electron chi connectivity index (χ2n) is 2.28. The number of aryl methyl sites for hydroxylation is 1. The predicted molar refractivity (Wildman–Crippen MR) is 53.4 cm³/mol. The van der Waals surface area contributed by atoms with Gasteiger partial charge in [0, 0.05) is 5.56 Å². The summed E-state index contributed by atoms with van der Waals surface area (Å²) >= 11 is 10.6. The quantitative estimate of drug-likeness (QED) is 0.503. The van der Waals surface area contributed by atoms with Crippen LogP contribution in [0.1, 0.15) is 18.1 Å². The Labute approximate surface area is 77.2 Å². The average molecular weight is 185 g/mol. The van der Waals surface area contributed by atoms with Crippen LogP contribution >= 0.6 is 23.8 Å². The SMILES string of the molecule is CCc1ccccc1C(=S)Cl. The van der Waals surface area contributed by atoms with Crippen LogP contribution in [-0.2, 0) is 6.42 Å². The van der Waals surface area contributed by atoms with Crippen molar-refractivity contribution in [2.45, 2.75) is 13.3 Å². The van der Waals surface area contributed by atoms with Crippen LogP contribution in [-0.4, -0.2) is 4.32 Å². The van der Waals surface area contributed by atoms with Gasteiger partial charge in [-0.1, -0.05) is 55.0 Å². The first-order valence-electron chi connectivity index (χ1n) is 3.53. The molecule has 0 saturated carbocycles. The fourth-order valence-electron chi connectivity index (χ4n) is 1.02. The Kier molecular flexibility index (Phi) is 3.03. The maximum absolute atomic E-state index is 5.72. The van der Waals surface area contributed by atoms with E-state index in [0.29, 0.717) is 4.32 Å². The third kappa shape index (κ3) is 2.01. The topological polar surface area (TPSA) is 0 Å². The molecule has 0 heterocycles. The number of benzene rings is 1. The molecule has 0 amide bonds. The summed E-state index contributed by atoms with van der Waals surface area (Å²) in [6, 6.07) is 7.94. The highest BCUT2D eigenvalue weighted by atomic mass is 35.5. The van der Waals surface area contributed by atoms with Crippen LogP contribution in [0.2, 0.25) is 0 Å². The van der Waals surface area contributed by atoms with E-state index in [2.05, 4.69) is 6.92 Å². The first-order valence-corrected chi connectivity index (χ1v) is 4.32. The smallest absolute Gasteiger partial charge is 0.0709 e. The number of thiocarbonyl (C=S) groups is 1. The number of hydrogen-bond donors (Lipinski definition) is 0. The van der Waals surface area contributed by atoms with Crippen LogP contribution in [0.3, 0.4) is 0 Å². The molecule has 0 atom stereocenters. The van der Waals surface area contributed by atoms with Crippen LogP contribution < -0.4 is 0 Å². The molecule has 58 valence electrons. The lowest BCUT2D eigenvalue weighted by Gasteiger charge is -2.02. The molecule has 0 spiro atoms. The van der Waals surface area contributed by atoms with Gasteiger partial charge in [-0.25, -0.2) is 0 Å². The van der Waals surface area contributed by atoms with Crippen LogP contribution in [0.15, 0.2) is 24.3 Å². The Hall–Kier alpha value is -0.400. The largest absolute Gasteiger partial charge is 0.111 e. The van der Waals surface area contributed by atoms with Crippen molar-refractivity contribution in [2.75, 3.05) is 0 Å². The minimum absolute atomic E-state index is 0.461. The molecule has 0 aliphatic heterocycles. The minimum Gasteiger partial charge on any atom is -0.0709 e. The van der Waals surface area contributed by atoms with E-state index in [1.54, 1.807) is 0 Å². The van der Waals surface area contributed by atoms with Gasteiger partial charge in [0.25, 0.3) is 0 Å². The van der Waals surface area contributed by atoms with Crippen LogP contribution in [0.25, 0.3) is 0 Å². The zero-order chi connectivity index (χ0) is 8.27. The molecule has 1 rings (SSSR count). The molecule has 0 aliphatic rings. The molecule has 0 bridgehead atoms. The molecule has 1 aromatic carbocycles. The summed E-state index contributed by atoms with van der Waals surface area (Å²) in [6.45, 7) is 2.09. The van der Waals surface area contributed by atoms with Crippen molar-refractivity contribution in [1.29, 1.82) is 0 Å². The number of rotatable bonds is 2. The van der Waals surface area contributed by atoms with Gasteiger partial charge in [-0.15, -0.1) is 0 Å². The van der Waals surface area contributed by atoms with Gasteiger partial charge in [0.2, 0.25) is 0 Å². The van der Waals surface area contributed by atoms with Gasteiger partial charge in [0.15, 0.2) is 0 Å². The van der Waals surface area contributed by atoms with Gasteiger partial charge < -0.3 is 0 Å². The highest BCUT2D eigenvalue weighted by molar-refractivity contribution is 7.83. The van der Waals surface area contributed by atoms with Crippen molar-refractivity contribution in [3.05, 3.63) is 35.4 Å². The van der Waals surface area contributed by atoms with Gasteiger partial charge in [-0.05, 0) is 12.0 Å². The summed E-state index contributed by atoms with van der Waals surface area (Å²) < 4.78 is 0.461. The van der Waals surface area contributed by atoms with Gasteiger partial charge in [0.05, 0.1) is 0 Å². The Morgan fingerprint density at radius 1 is 1.45 bits per heavy atom. The molecule has 0 nitrogen and oxygen atoms in total. The maximum atomic E-state index is 5.72. The number of halogens is 1. The lowest BCUT2D eigenvalue weighted by molar-refractivity contribution is 1.14. The van der Waals surface area contributed by atoms with Gasteiger partial charge in [-0.2, -0.15) is 0 Å². The fourth-order valence-corrected chi connectivity index (χ4v) is 1.40. The minimum atomic E-state index is 0.461. The van der Waals surface area contributed by atoms with Crippen molar-refractivity contribution in [3.8, 4) is 0 Å². The first-order chi connectivity index (χ1) is 5.25. The predicted octanol–water partition coefficient (Wildman–Crippen LogP) is 3.16. The summed E-state index contributed by atoms with van der Waals surface area (Å²) in [5.41, 5.74) is 2.21. The molecule has 0 unspecified atom stereocenters. The molecule has 1 aromatic rings. The highest BCUT2D eigenvalue weighted by Gasteiger charge is 2.01. The van der Waals surface area contributed by atoms with Crippen LogP contribution in [0.5, 0.6) is 0 Å². The molecule has 0 aliphatic carbocycles. The Bertz CT molecular complexity index is 268. The Morgan fingerprint density at radius 3 is 2.55 bits per heavy atom. The maximum Gasteiger partial charge on any atom is 0.111 e. The van der Waals surface area contributed by atoms with E-state index in [1.807, 2.05) is 24.3 Å². The fraction of sp³-hybridized carbons (Fsp3) is 0.222. The lowest BCUT2D eigenvalue weighted by atomic mass is 10.1. The molecule has 0 fully saturated rings. The zero-order valence-electron chi connectivity index (χ0n) is 6.30. The van der Waals surface area contributed by atoms with E-state index >= 15 is 0 Å². The number of hydrogen-bond acceptors (Lipinski definition) is 1. The van der Waals surface area contributed by atoms with E-state index in [0.717, 1.165) is 12.0 Å². The highest BCUT2D eigenvalue weighted by Crippen LogP contribution is 2.12. The normalized spacial score (nSPS) is 9.64. The molecule has 0 N–H and O–H groups in total. The van der Waals surface area contributed by atoms with Crippen molar-refractivity contribution < 1.29 is 0 Å². The van der Waals surface area contributed by atoms with E-state index in [1.165, 1.54) is 5.56 Å². The standard InChI is InChI=1S/C9H9ClS/c1-2-7-5-3-4-6-8(7)9(10)11/h3-6H,2H2,1H3. The summed E-state index contributed by atoms with van der Waals surface area (Å²) in [5, 5.41) is 0. The third-order valence-electron chi connectivity index (χ3n) is 1.61. The Balaban J connectivity index is 3.12.